The van der Waals surface area contributed by atoms with E-state index in [-0.39, 0.29) is 17.6 Å². The van der Waals surface area contributed by atoms with Crippen molar-refractivity contribution in [3.8, 4) is 11.3 Å². The van der Waals surface area contributed by atoms with Crippen LogP contribution in [-0.2, 0) is 11.2 Å². The molecule has 0 aliphatic carbocycles. The van der Waals surface area contributed by atoms with Crippen LogP contribution >= 0.6 is 0 Å². The second-order valence-corrected chi connectivity index (χ2v) is 8.20. The van der Waals surface area contributed by atoms with Gasteiger partial charge < -0.3 is 14.7 Å². The van der Waals surface area contributed by atoms with Crippen LogP contribution in [0, 0.1) is 11.7 Å². The number of para-hydroxylation sites is 1. The fourth-order valence-corrected chi connectivity index (χ4v) is 4.39. The van der Waals surface area contributed by atoms with Gasteiger partial charge in [-0.3, -0.25) is 4.79 Å². The van der Waals surface area contributed by atoms with Crippen molar-refractivity contribution in [2.75, 3.05) is 23.3 Å². The van der Waals surface area contributed by atoms with Crippen molar-refractivity contribution in [3.63, 3.8) is 0 Å². The van der Waals surface area contributed by atoms with E-state index in [9.17, 15) is 9.18 Å². The van der Waals surface area contributed by atoms with Gasteiger partial charge in [0.15, 0.2) is 0 Å². The highest BCUT2D eigenvalue weighted by molar-refractivity contribution is 5.98. The van der Waals surface area contributed by atoms with Crippen LogP contribution in [0.5, 0.6) is 0 Å². The summed E-state index contributed by atoms with van der Waals surface area (Å²) in [4.78, 5) is 23.9. The summed E-state index contributed by atoms with van der Waals surface area (Å²) in [7, 11) is 0. The van der Waals surface area contributed by atoms with Crippen molar-refractivity contribution in [2.24, 2.45) is 5.92 Å². The van der Waals surface area contributed by atoms with E-state index in [4.69, 9.17) is 4.52 Å². The van der Waals surface area contributed by atoms with Gasteiger partial charge in [0.05, 0.1) is 5.92 Å². The molecule has 0 saturated carbocycles. The highest BCUT2D eigenvalue weighted by Crippen LogP contribution is 2.35. The fourth-order valence-electron chi connectivity index (χ4n) is 4.39. The number of piperidine rings is 1. The average molecular weight is 445 g/mol. The average Bonchev–Trinajstić information content (AvgIpc) is 3.29. The summed E-state index contributed by atoms with van der Waals surface area (Å²) in [6.45, 7) is 3.36. The van der Waals surface area contributed by atoms with Crippen LogP contribution in [0.2, 0.25) is 0 Å². The predicted molar refractivity (Wildman–Crippen MR) is 124 cm³/mol. The molecule has 2 aromatic carbocycles. The maximum absolute atomic E-state index is 13.4. The summed E-state index contributed by atoms with van der Waals surface area (Å²) in [6.07, 6.45) is 3.96. The van der Waals surface area contributed by atoms with Crippen LogP contribution < -0.4 is 10.2 Å². The molecular weight excluding hydrogens is 421 g/mol. The van der Waals surface area contributed by atoms with Gasteiger partial charge in [0.2, 0.25) is 5.91 Å². The number of hydrogen-bond acceptors (Lipinski definition) is 6. The molecule has 1 aliphatic heterocycles. The van der Waals surface area contributed by atoms with E-state index >= 15 is 0 Å². The third kappa shape index (κ3) is 4.16. The van der Waals surface area contributed by atoms with E-state index in [1.165, 1.54) is 18.5 Å². The number of carbonyl (C=O) groups excluding carboxylic acids is 1. The van der Waals surface area contributed by atoms with Crippen LogP contribution in [0.1, 0.15) is 25.3 Å². The molecule has 0 bridgehead atoms. The molecule has 7 nitrogen and oxygen atoms in total. The van der Waals surface area contributed by atoms with E-state index in [0.717, 1.165) is 37.1 Å². The molecule has 0 spiro atoms. The zero-order valence-electron chi connectivity index (χ0n) is 18.3. The lowest BCUT2D eigenvalue weighted by Crippen LogP contribution is -2.41. The second-order valence-electron chi connectivity index (χ2n) is 8.20. The minimum Gasteiger partial charge on any atom is -0.355 e. The molecule has 1 N–H and O–H groups in total. The molecule has 0 radical (unpaired) electrons. The van der Waals surface area contributed by atoms with Crippen molar-refractivity contribution < 1.29 is 13.7 Å². The number of carbonyl (C=O) groups is 1. The minimum absolute atomic E-state index is 0.00924. The molecule has 1 amide bonds. The molecule has 4 aromatic rings. The number of fused-ring (bicyclic) bond motifs is 1. The number of hydrogen-bond donors (Lipinski definition) is 1. The van der Waals surface area contributed by atoms with Crippen LogP contribution in [-0.4, -0.2) is 34.1 Å². The van der Waals surface area contributed by atoms with Crippen molar-refractivity contribution in [3.05, 3.63) is 66.2 Å². The molecule has 168 valence electrons. The number of aromatic nitrogens is 3. The monoisotopic (exact) mass is 445 g/mol. The molecule has 0 unspecified atom stereocenters. The Labute approximate surface area is 190 Å². The van der Waals surface area contributed by atoms with Crippen LogP contribution in [0.4, 0.5) is 15.9 Å². The van der Waals surface area contributed by atoms with Crippen LogP contribution in [0.25, 0.3) is 22.4 Å². The first-order chi connectivity index (χ1) is 16.1. The number of rotatable bonds is 5. The predicted octanol–water partition coefficient (Wildman–Crippen LogP) is 4.84. The van der Waals surface area contributed by atoms with E-state index in [1.807, 2.05) is 24.3 Å². The molecule has 5 rings (SSSR count). The summed E-state index contributed by atoms with van der Waals surface area (Å²) in [6, 6.07) is 14.0. The highest BCUT2D eigenvalue weighted by Gasteiger charge is 2.29. The lowest BCUT2D eigenvalue weighted by Gasteiger charge is -2.33. The maximum Gasteiger partial charge on any atom is 0.263 e. The highest BCUT2D eigenvalue weighted by atomic mass is 19.1. The van der Waals surface area contributed by atoms with Gasteiger partial charge in [-0.25, -0.2) is 9.37 Å². The van der Waals surface area contributed by atoms with Gasteiger partial charge in [-0.05, 0) is 55.2 Å². The standard InChI is InChI=1S/C25H24FN5O2/c1-2-16-6-3-4-8-20(16)29-24(32)18-7-5-13-31(14-18)23-21-22(17-9-11-19(26)12-10-17)30-33-25(21)28-15-27-23/h3-4,6,8-12,15,18H,2,5,7,13-14H2,1H3,(H,29,32)/t18-/m1/s1. The van der Waals surface area contributed by atoms with Gasteiger partial charge in [0.1, 0.15) is 29.0 Å². The van der Waals surface area contributed by atoms with Crippen LogP contribution in [0.15, 0.2) is 59.4 Å². The Morgan fingerprint density at radius 3 is 2.82 bits per heavy atom. The Balaban J connectivity index is 1.42. The van der Waals surface area contributed by atoms with Crippen molar-refractivity contribution in [2.45, 2.75) is 26.2 Å². The van der Waals surface area contributed by atoms with Crippen LogP contribution in [0.3, 0.4) is 0 Å². The van der Waals surface area contributed by atoms with Gasteiger partial charge in [-0.2, -0.15) is 4.98 Å². The number of amides is 1. The lowest BCUT2D eigenvalue weighted by atomic mass is 9.96. The molecule has 1 saturated heterocycles. The quantitative estimate of drug-likeness (QED) is 0.473. The summed E-state index contributed by atoms with van der Waals surface area (Å²) < 4.78 is 18.9. The summed E-state index contributed by atoms with van der Waals surface area (Å²) in [5, 5.41) is 7.96. The Morgan fingerprint density at radius 2 is 2.00 bits per heavy atom. The van der Waals surface area contributed by atoms with E-state index < -0.39 is 0 Å². The van der Waals surface area contributed by atoms with Crippen molar-refractivity contribution in [1.29, 1.82) is 0 Å². The Kier molecular flexibility index (Phi) is 5.73. The second kappa shape index (κ2) is 8.97. The Morgan fingerprint density at radius 1 is 1.18 bits per heavy atom. The Bertz CT molecular complexity index is 1290. The molecule has 1 atom stereocenters. The number of anilines is 2. The molecule has 2 aromatic heterocycles. The Hall–Kier alpha value is -3.81. The number of benzene rings is 2. The first-order valence-corrected chi connectivity index (χ1v) is 11.1. The smallest absolute Gasteiger partial charge is 0.263 e. The topological polar surface area (TPSA) is 84.2 Å². The van der Waals surface area contributed by atoms with E-state index in [1.54, 1.807) is 12.1 Å². The minimum atomic E-state index is -0.322. The molecule has 33 heavy (non-hydrogen) atoms. The van der Waals surface area contributed by atoms with Gasteiger partial charge in [0.25, 0.3) is 5.71 Å². The molecule has 3 heterocycles. The van der Waals surface area contributed by atoms with Gasteiger partial charge in [0, 0.05) is 24.3 Å². The maximum atomic E-state index is 13.4. The number of nitrogens with zero attached hydrogens (tertiary/aromatic N) is 4. The van der Waals surface area contributed by atoms with Crippen molar-refractivity contribution >= 4 is 28.5 Å². The number of halogens is 1. The third-order valence-electron chi connectivity index (χ3n) is 6.12. The zero-order chi connectivity index (χ0) is 22.8. The van der Waals surface area contributed by atoms with Gasteiger partial charge in [-0.15, -0.1) is 0 Å². The zero-order valence-corrected chi connectivity index (χ0v) is 18.3. The lowest BCUT2D eigenvalue weighted by molar-refractivity contribution is -0.120. The van der Waals surface area contributed by atoms with Crippen molar-refractivity contribution in [1.82, 2.24) is 15.1 Å². The van der Waals surface area contributed by atoms with E-state index in [2.05, 4.69) is 32.3 Å². The largest absolute Gasteiger partial charge is 0.355 e. The summed E-state index contributed by atoms with van der Waals surface area (Å²) >= 11 is 0. The molecular formula is C25H24FN5O2. The normalized spacial score (nSPS) is 16.2. The van der Waals surface area contributed by atoms with Gasteiger partial charge in [-0.1, -0.05) is 30.3 Å². The summed E-state index contributed by atoms with van der Waals surface area (Å²) in [5.41, 5.74) is 3.62. The third-order valence-corrected chi connectivity index (χ3v) is 6.12. The first-order valence-electron chi connectivity index (χ1n) is 11.1. The SMILES string of the molecule is CCc1ccccc1NC(=O)[C@@H]1CCCN(c2ncnc3onc(-c4ccc(F)cc4)c23)C1. The fraction of sp³-hybridized carbons (Fsp3) is 0.280. The first kappa shape index (κ1) is 21.1. The summed E-state index contributed by atoms with van der Waals surface area (Å²) in [5.74, 6) is 0.183. The number of aryl methyl sites for hydroxylation is 1. The van der Waals surface area contributed by atoms with Gasteiger partial charge >= 0.3 is 0 Å². The molecule has 1 fully saturated rings. The molecule has 8 heteroatoms. The number of nitrogens with one attached hydrogen (secondary N) is 1. The molecule has 1 aliphatic rings. The van der Waals surface area contributed by atoms with E-state index in [0.29, 0.717) is 34.7 Å².